The van der Waals surface area contributed by atoms with Gasteiger partial charge in [0.1, 0.15) is 0 Å². The first-order valence-electron chi connectivity index (χ1n) is 3.73. The molecule has 0 radical (unpaired) electrons. The van der Waals surface area contributed by atoms with Gasteiger partial charge in [-0.1, -0.05) is 23.8 Å². The first-order chi connectivity index (χ1) is 5.61. The molecule has 0 amide bonds. The van der Waals surface area contributed by atoms with Gasteiger partial charge in [-0.3, -0.25) is 0 Å². The maximum absolute atomic E-state index is 10.5. The van der Waals surface area contributed by atoms with E-state index in [0.717, 1.165) is 11.1 Å². The van der Waals surface area contributed by atoms with Crippen LogP contribution >= 0.6 is 0 Å². The van der Waals surface area contributed by atoms with E-state index in [0.29, 0.717) is 0 Å². The van der Waals surface area contributed by atoms with Crippen molar-refractivity contribution in [1.29, 1.82) is 0 Å². The zero-order valence-corrected chi connectivity index (χ0v) is 6.95. The summed E-state index contributed by atoms with van der Waals surface area (Å²) in [5, 5.41) is 8.66. The predicted octanol–water partition coefficient (Wildman–Crippen LogP) is 0.363. The fourth-order valence-corrected chi connectivity index (χ4v) is 1.03. The molecule has 0 spiro atoms. The van der Waals surface area contributed by atoms with Crippen LogP contribution in [0.4, 0.5) is 0 Å². The smallest absolute Gasteiger partial charge is 0.367 e. The van der Waals surface area contributed by atoms with Gasteiger partial charge in [-0.15, -0.1) is 0 Å². The molecule has 1 atom stereocenters. The zero-order valence-electron chi connectivity index (χ0n) is 6.95. The number of rotatable bonds is 2. The van der Waals surface area contributed by atoms with Crippen LogP contribution in [-0.4, -0.2) is 11.1 Å². The van der Waals surface area contributed by atoms with Gasteiger partial charge in [0, 0.05) is 5.56 Å². The van der Waals surface area contributed by atoms with Crippen molar-refractivity contribution in [3.05, 3.63) is 35.4 Å². The van der Waals surface area contributed by atoms with Crippen LogP contribution in [0, 0.1) is 6.92 Å². The SMILES string of the molecule is Cc1cccc(C([NH3+])C(=O)O)c1. The minimum Gasteiger partial charge on any atom is -0.477 e. The van der Waals surface area contributed by atoms with Crippen LogP contribution in [0.5, 0.6) is 0 Å². The molecule has 4 N–H and O–H groups in total. The number of hydrogen-bond acceptors (Lipinski definition) is 1. The Kier molecular flexibility index (Phi) is 2.45. The number of hydrogen-bond donors (Lipinski definition) is 2. The molecule has 12 heavy (non-hydrogen) atoms. The largest absolute Gasteiger partial charge is 0.477 e. The fraction of sp³-hybridized carbons (Fsp3) is 0.222. The van der Waals surface area contributed by atoms with Gasteiger partial charge >= 0.3 is 5.97 Å². The average molecular weight is 166 g/mol. The molecule has 64 valence electrons. The first kappa shape index (κ1) is 8.74. The summed E-state index contributed by atoms with van der Waals surface area (Å²) in [6.45, 7) is 1.93. The van der Waals surface area contributed by atoms with Crippen LogP contribution < -0.4 is 5.73 Å². The van der Waals surface area contributed by atoms with Crippen molar-refractivity contribution in [2.24, 2.45) is 0 Å². The lowest BCUT2D eigenvalue weighted by Gasteiger charge is -2.03. The van der Waals surface area contributed by atoms with Gasteiger partial charge in [0.05, 0.1) is 0 Å². The molecule has 0 bridgehead atoms. The third-order valence-electron chi connectivity index (χ3n) is 1.74. The molecule has 0 fully saturated rings. The normalized spacial score (nSPS) is 12.5. The summed E-state index contributed by atoms with van der Waals surface area (Å²) in [5.74, 6) is -0.888. The summed E-state index contributed by atoms with van der Waals surface area (Å²) >= 11 is 0. The molecule has 3 heteroatoms. The van der Waals surface area contributed by atoms with Crippen LogP contribution in [0.1, 0.15) is 17.2 Å². The molecular formula is C9H12NO2+. The van der Waals surface area contributed by atoms with E-state index in [2.05, 4.69) is 5.73 Å². The van der Waals surface area contributed by atoms with Gasteiger partial charge in [0.15, 0.2) is 0 Å². The van der Waals surface area contributed by atoms with Crippen LogP contribution in [0.15, 0.2) is 24.3 Å². The first-order valence-corrected chi connectivity index (χ1v) is 3.73. The van der Waals surface area contributed by atoms with Crippen molar-refractivity contribution in [2.45, 2.75) is 13.0 Å². The molecule has 0 aliphatic rings. The summed E-state index contributed by atoms with van der Waals surface area (Å²) in [5.41, 5.74) is 5.36. The third-order valence-corrected chi connectivity index (χ3v) is 1.74. The minimum atomic E-state index is -0.888. The monoisotopic (exact) mass is 166 g/mol. The highest BCUT2D eigenvalue weighted by molar-refractivity contribution is 5.73. The molecule has 1 rings (SSSR count). The van der Waals surface area contributed by atoms with Crippen LogP contribution in [0.25, 0.3) is 0 Å². The van der Waals surface area contributed by atoms with Crippen molar-refractivity contribution in [1.82, 2.24) is 0 Å². The van der Waals surface area contributed by atoms with Gasteiger partial charge in [-0.2, -0.15) is 0 Å². The quantitative estimate of drug-likeness (QED) is 0.666. The Bertz CT molecular complexity index is 296. The molecule has 1 aromatic rings. The Hall–Kier alpha value is -1.35. The summed E-state index contributed by atoms with van der Waals surface area (Å²) in [7, 11) is 0. The highest BCUT2D eigenvalue weighted by atomic mass is 16.4. The molecule has 3 nitrogen and oxygen atoms in total. The van der Waals surface area contributed by atoms with Crippen molar-refractivity contribution in [2.75, 3.05) is 0 Å². The molecule has 1 unspecified atom stereocenters. The molecule has 1 aromatic carbocycles. The molecule has 0 aliphatic heterocycles. The second kappa shape index (κ2) is 3.36. The van der Waals surface area contributed by atoms with Crippen molar-refractivity contribution >= 4 is 5.97 Å². The number of quaternary nitrogens is 1. The standard InChI is InChI=1S/C9H11NO2/c1-6-3-2-4-7(5-6)8(10)9(11)12/h2-5,8H,10H2,1H3,(H,11,12)/p+1. The lowest BCUT2D eigenvalue weighted by molar-refractivity contribution is -0.413. The van der Waals surface area contributed by atoms with Gasteiger partial charge in [-0.05, 0) is 13.0 Å². The second-order valence-corrected chi connectivity index (χ2v) is 2.80. The topological polar surface area (TPSA) is 64.9 Å². The Morgan fingerprint density at radius 1 is 1.58 bits per heavy atom. The van der Waals surface area contributed by atoms with Crippen LogP contribution in [-0.2, 0) is 4.79 Å². The Morgan fingerprint density at radius 3 is 2.75 bits per heavy atom. The van der Waals surface area contributed by atoms with Crippen molar-refractivity contribution in [3.8, 4) is 0 Å². The second-order valence-electron chi connectivity index (χ2n) is 2.80. The highest BCUT2D eigenvalue weighted by Crippen LogP contribution is 2.10. The van der Waals surface area contributed by atoms with Crippen LogP contribution in [0.2, 0.25) is 0 Å². The molecule has 0 aliphatic carbocycles. The Morgan fingerprint density at radius 2 is 2.25 bits per heavy atom. The maximum Gasteiger partial charge on any atom is 0.367 e. The average Bonchev–Trinajstić information content (AvgIpc) is 2.03. The van der Waals surface area contributed by atoms with Gasteiger partial charge in [0.25, 0.3) is 0 Å². The van der Waals surface area contributed by atoms with E-state index in [9.17, 15) is 4.79 Å². The predicted molar refractivity (Wildman–Crippen MR) is 44.4 cm³/mol. The summed E-state index contributed by atoms with van der Waals surface area (Å²) in [6, 6.07) is 6.72. The molecule has 0 aromatic heterocycles. The van der Waals surface area contributed by atoms with E-state index < -0.39 is 12.0 Å². The number of benzene rings is 1. The number of carboxylic acids is 1. The molecule has 0 saturated carbocycles. The summed E-state index contributed by atoms with van der Waals surface area (Å²) in [6.07, 6.45) is 0. The summed E-state index contributed by atoms with van der Waals surface area (Å²) in [4.78, 5) is 10.5. The van der Waals surface area contributed by atoms with E-state index >= 15 is 0 Å². The van der Waals surface area contributed by atoms with E-state index in [1.165, 1.54) is 0 Å². The number of carboxylic acid groups (broad SMARTS) is 1. The van der Waals surface area contributed by atoms with Gasteiger partial charge < -0.3 is 10.8 Å². The fourth-order valence-electron chi connectivity index (χ4n) is 1.03. The van der Waals surface area contributed by atoms with E-state index in [4.69, 9.17) is 5.11 Å². The van der Waals surface area contributed by atoms with Crippen molar-refractivity contribution in [3.63, 3.8) is 0 Å². The summed E-state index contributed by atoms with van der Waals surface area (Å²) < 4.78 is 0. The minimum absolute atomic E-state index is 0.662. The van der Waals surface area contributed by atoms with Crippen molar-refractivity contribution < 1.29 is 15.6 Å². The Balaban J connectivity index is 2.95. The number of carbonyl (C=O) groups is 1. The van der Waals surface area contributed by atoms with E-state index in [1.54, 1.807) is 6.07 Å². The van der Waals surface area contributed by atoms with E-state index in [-0.39, 0.29) is 0 Å². The number of aliphatic carboxylic acids is 1. The lowest BCUT2D eigenvalue weighted by atomic mass is 10.1. The molecule has 0 saturated heterocycles. The third kappa shape index (κ3) is 1.83. The number of aryl methyl sites for hydroxylation is 1. The zero-order chi connectivity index (χ0) is 9.14. The Labute approximate surface area is 70.8 Å². The molecule has 0 heterocycles. The highest BCUT2D eigenvalue weighted by Gasteiger charge is 2.17. The van der Waals surface area contributed by atoms with E-state index in [1.807, 2.05) is 25.1 Å². The molecular weight excluding hydrogens is 154 g/mol. The van der Waals surface area contributed by atoms with Gasteiger partial charge in [0.2, 0.25) is 6.04 Å². The van der Waals surface area contributed by atoms with Crippen LogP contribution in [0.3, 0.4) is 0 Å². The van der Waals surface area contributed by atoms with Gasteiger partial charge in [-0.25, -0.2) is 4.79 Å². The lowest BCUT2D eigenvalue weighted by Crippen LogP contribution is -2.57. The maximum atomic E-state index is 10.5.